The SMILES string of the molecule is c1onnc1C1CN2CCC1CC2. The molecule has 0 aliphatic carbocycles. The summed E-state index contributed by atoms with van der Waals surface area (Å²) in [7, 11) is 0. The zero-order valence-electron chi connectivity index (χ0n) is 7.52. The summed E-state index contributed by atoms with van der Waals surface area (Å²) >= 11 is 0. The topological polar surface area (TPSA) is 42.2 Å². The maximum atomic E-state index is 4.80. The molecule has 3 aliphatic heterocycles. The molecule has 0 radical (unpaired) electrons. The molecule has 4 nitrogen and oxygen atoms in total. The van der Waals surface area contributed by atoms with E-state index in [1.54, 1.807) is 6.26 Å². The fraction of sp³-hybridized carbons (Fsp3) is 0.778. The molecule has 4 heterocycles. The van der Waals surface area contributed by atoms with E-state index < -0.39 is 0 Å². The number of fused-ring (bicyclic) bond motifs is 3. The van der Waals surface area contributed by atoms with Crippen LogP contribution in [-0.4, -0.2) is 34.9 Å². The molecule has 1 atom stereocenters. The molecule has 0 spiro atoms. The van der Waals surface area contributed by atoms with Gasteiger partial charge < -0.3 is 9.42 Å². The highest BCUT2D eigenvalue weighted by Gasteiger charge is 2.36. The number of nitrogens with zero attached hydrogens (tertiary/aromatic N) is 3. The molecule has 3 fully saturated rings. The van der Waals surface area contributed by atoms with Gasteiger partial charge >= 0.3 is 0 Å². The van der Waals surface area contributed by atoms with Crippen molar-refractivity contribution in [3.63, 3.8) is 0 Å². The molecule has 4 rings (SSSR count). The molecule has 3 saturated heterocycles. The normalized spacial score (nSPS) is 38.0. The average molecular weight is 179 g/mol. The zero-order chi connectivity index (χ0) is 8.67. The predicted octanol–water partition coefficient (Wildman–Crippen LogP) is 0.879. The van der Waals surface area contributed by atoms with Crippen LogP contribution in [-0.2, 0) is 0 Å². The fourth-order valence-electron chi connectivity index (χ4n) is 2.63. The molecule has 1 aromatic heterocycles. The van der Waals surface area contributed by atoms with Gasteiger partial charge in [-0.15, -0.1) is 5.10 Å². The summed E-state index contributed by atoms with van der Waals surface area (Å²) in [4.78, 5) is 2.51. The Morgan fingerprint density at radius 2 is 2.23 bits per heavy atom. The van der Waals surface area contributed by atoms with E-state index in [-0.39, 0.29) is 0 Å². The van der Waals surface area contributed by atoms with E-state index in [0.29, 0.717) is 5.92 Å². The highest BCUT2D eigenvalue weighted by Crippen LogP contribution is 2.37. The molecule has 70 valence electrons. The monoisotopic (exact) mass is 179 g/mol. The Kier molecular flexibility index (Phi) is 1.62. The molecule has 3 aliphatic rings. The Hall–Kier alpha value is -0.900. The third-order valence-electron chi connectivity index (χ3n) is 3.41. The van der Waals surface area contributed by atoms with Crippen LogP contribution in [0.3, 0.4) is 0 Å². The van der Waals surface area contributed by atoms with E-state index in [1.807, 2.05) is 0 Å². The summed E-state index contributed by atoms with van der Waals surface area (Å²) in [5.74, 6) is 1.39. The second-order valence-electron chi connectivity index (χ2n) is 4.07. The van der Waals surface area contributed by atoms with E-state index in [2.05, 4.69) is 15.3 Å². The van der Waals surface area contributed by atoms with Gasteiger partial charge in [0.1, 0.15) is 12.0 Å². The number of hydrogen-bond acceptors (Lipinski definition) is 4. The van der Waals surface area contributed by atoms with Crippen molar-refractivity contribution in [3.05, 3.63) is 12.0 Å². The minimum absolute atomic E-state index is 0.578. The lowest BCUT2D eigenvalue weighted by atomic mass is 9.78. The predicted molar refractivity (Wildman–Crippen MR) is 46.2 cm³/mol. The molecule has 0 saturated carbocycles. The van der Waals surface area contributed by atoms with Gasteiger partial charge in [0.25, 0.3) is 0 Å². The number of rotatable bonds is 1. The van der Waals surface area contributed by atoms with Crippen molar-refractivity contribution in [3.8, 4) is 0 Å². The van der Waals surface area contributed by atoms with Crippen molar-refractivity contribution in [2.75, 3.05) is 19.6 Å². The molecule has 13 heavy (non-hydrogen) atoms. The van der Waals surface area contributed by atoms with Gasteiger partial charge in [0.2, 0.25) is 0 Å². The molecule has 0 amide bonds. The highest BCUT2D eigenvalue weighted by atomic mass is 16.5. The molecule has 1 aromatic rings. The lowest BCUT2D eigenvalue weighted by molar-refractivity contribution is 0.0853. The van der Waals surface area contributed by atoms with Crippen LogP contribution in [0.25, 0.3) is 0 Å². The summed E-state index contributed by atoms with van der Waals surface area (Å²) in [5.41, 5.74) is 1.05. The summed E-state index contributed by atoms with van der Waals surface area (Å²) in [6.45, 7) is 3.69. The Balaban J connectivity index is 1.85. The van der Waals surface area contributed by atoms with E-state index in [0.717, 1.165) is 18.2 Å². The average Bonchev–Trinajstić information content (AvgIpc) is 2.72. The summed E-state index contributed by atoms with van der Waals surface area (Å²) in [6, 6.07) is 0. The minimum atomic E-state index is 0.578. The van der Waals surface area contributed by atoms with Crippen molar-refractivity contribution in [2.24, 2.45) is 5.92 Å². The second-order valence-corrected chi connectivity index (χ2v) is 4.07. The van der Waals surface area contributed by atoms with Crippen molar-refractivity contribution in [1.29, 1.82) is 0 Å². The van der Waals surface area contributed by atoms with Crippen LogP contribution in [0.2, 0.25) is 0 Å². The lowest BCUT2D eigenvalue weighted by Crippen LogP contribution is -2.46. The first-order valence-electron chi connectivity index (χ1n) is 4.93. The van der Waals surface area contributed by atoms with Gasteiger partial charge in [-0.25, -0.2) is 0 Å². The summed E-state index contributed by atoms with van der Waals surface area (Å²) in [5, 5.41) is 7.55. The van der Waals surface area contributed by atoms with Gasteiger partial charge in [0, 0.05) is 17.7 Å². The van der Waals surface area contributed by atoms with E-state index in [4.69, 9.17) is 4.52 Å². The van der Waals surface area contributed by atoms with Crippen LogP contribution in [0.4, 0.5) is 0 Å². The summed E-state index contributed by atoms with van der Waals surface area (Å²) in [6.07, 6.45) is 4.33. The van der Waals surface area contributed by atoms with Gasteiger partial charge in [0.15, 0.2) is 0 Å². The zero-order valence-corrected chi connectivity index (χ0v) is 7.52. The molecule has 0 N–H and O–H groups in total. The smallest absolute Gasteiger partial charge is 0.147 e. The van der Waals surface area contributed by atoms with Crippen LogP contribution in [0.1, 0.15) is 24.5 Å². The van der Waals surface area contributed by atoms with E-state index >= 15 is 0 Å². The van der Waals surface area contributed by atoms with E-state index in [1.165, 1.54) is 25.9 Å². The largest absolute Gasteiger partial charge is 0.345 e. The van der Waals surface area contributed by atoms with Crippen molar-refractivity contribution in [2.45, 2.75) is 18.8 Å². The Labute approximate surface area is 76.9 Å². The third kappa shape index (κ3) is 1.16. The van der Waals surface area contributed by atoms with Gasteiger partial charge in [-0.05, 0) is 31.8 Å². The van der Waals surface area contributed by atoms with Gasteiger partial charge in [-0.3, -0.25) is 0 Å². The van der Waals surface area contributed by atoms with E-state index in [9.17, 15) is 0 Å². The third-order valence-corrected chi connectivity index (χ3v) is 3.41. The first-order chi connectivity index (χ1) is 6.43. The van der Waals surface area contributed by atoms with Crippen molar-refractivity contribution >= 4 is 0 Å². The molecule has 0 aromatic carbocycles. The maximum Gasteiger partial charge on any atom is 0.147 e. The first-order valence-corrected chi connectivity index (χ1v) is 4.93. The molecule has 4 heteroatoms. The lowest BCUT2D eigenvalue weighted by Gasteiger charge is -2.43. The van der Waals surface area contributed by atoms with Gasteiger partial charge in [-0.1, -0.05) is 0 Å². The maximum absolute atomic E-state index is 4.80. The Morgan fingerprint density at radius 1 is 1.38 bits per heavy atom. The standard InChI is InChI=1S/C9H13N3O/c1-3-12-4-2-7(1)8(5-12)9-6-13-11-10-9/h6-8H,1-5H2. The highest BCUT2D eigenvalue weighted by molar-refractivity contribution is 5.07. The number of piperidine rings is 3. The van der Waals surface area contributed by atoms with Crippen LogP contribution in [0.5, 0.6) is 0 Å². The molecule has 2 bridgehead atoms. The minimum Gasteiger partial charge on any atom is -0.345 e. The van der Waals surface area contributed by atoms with Crippen LogP contribution >= 0.6 is 0 Å². The molecular formula is C9H13N3O. The Morgan fingerprint density at radius 3 is 2.77 bits per heavy atom. The van der Waals surface area contributed by atoms with Crippen LogP contribution < -0.4 is 0 Å². The number of hydrogen-bond donors (Lipinski definition) is 0. The van der Waals surface area contributed by atoms with Crippen molar-refractivity contribution in [1.82, 2.24) is 15.3 Å². The molecular weight excluding hydrogens is 166 g/mol. The first kappa shape index (κ1) is 7.50. The van der Waals surface area contributed by atoms with Gasteiger partial charge in [-0.2, -0.15) is 0 Å². The number of aromatic nitrogens is 2. The second kappa shape index (κ2) is 2.80. The molecule has 1 unspecified atom stereocenters. The summed E-state index contributed by atoms with van der Waals surface area (Å²) < 4.78 is 4.80. The van der Waals surface area contributed by atoms with Crippen molar-refractivity contribution < 1.29 is 4.52 Å². The Bertz CT molecular complexity index is 277. The fourth-order valence-corrected chi connectivity index (χ4v) is 2.63. The quantitative estimate of drug-likeness (QED) is 0.641. The van der Waals surface area contributed by atoms with Crippen LogP contribution in [0, 0.1) is 5.92 Å². The van der Waals surface area contributed by atoms with Gasteiger partial charge in [0.05, 0.1) is 0 Å². The van der Waals surface area contributed by atoms with Crippen LogP contribution in [0.15, 0.2) is 10.8 Å².